The van der Waals surface area contributed by atoms with E-state index in [-0.39, 0.29) is 47.5 Å². The Morgan fingerprint density at radius 3 is 2.48 bits per heavy atom. The standard InChI is InChI=1S/C15H21F2N3.HI/c1-4-18-15(19-9(2)3)20-13-8-10(13)14-11(16)6-5-7-12(14)17;/h5-7,9-10,13H,4,8H2,1-3H3,(H2,18,19,20);1H. The second-order valence-corrected chi connectivity index (χ2v) is 5.35. The summed E-state index contributed by atoms with van der Waals surface area (Å²) in [6, 6.07) is 4.30. The van der Waals surface area contributed by atoms with E-state index in [1.165, 1.54) is 18.2 Å². The average Bonchev–Trinajstić information content (AvgIpc) is 3.07. The van der Waals surface area contributed by atoms with Gasteiger partial charge in [0.1, 0.15) is 11.6 Å². The highest BCUT2D eigenvalue weighted by atomic mass is 127. The first-order valence-corrected chi connectivity index (χ1v) is 7.04. The molecule has 0 radical (unpaired) electrons. The molecule has 1 aromatic rings. The molecule has 1 saturated carbocycles. The number of rotatable bonds is 4. The minimum atomic E-state index is -0.468. The fourth-order valence-electron chi connectivity index (χ4n) is 2.28. The quantitative estimate of drug-likeness (QED) is 0.455. The van der Waals surface area contributed by atoms with Gasteiger partial charge in [-0.05, 0) is 39.3 Å². The molecule has 0 spiro atoms. The van der Waals surface area contributed by atoms with Gasteiger partial charge in [0.15, 0.2) is 5.96 Å². The van der Waals surface area contributed by atoms with Crippen molar-refractivity contribution in [2.24, 2.45) is 4.99 Å². The van der Waals surface area contributed by atoms with Crippen molar-refractivity contribution in [3.05, 3.63) is 35.4 Å². The smallest absolute Gasteiger partial charge is 0.191 e. The van der Waals surface area contributed by atoms with Gasteiger partial charge in [0.05, 0.1) is 0 Å². The molecule has 0 amide bonds. The summed E-state index contributed by atoms with van der Waals surface area (Å²) in [5, 5.41) is 6.44. The molecular weight excluding hydrogens is 387 g/mol. The van der Waals surface area contributed by atoms with E-state index < -0.39 is 11.6 Å². The highest BCUT2D eigenvalue weighted by Gasteiger charge is 2.42. The van der Waals surface area contributed by atoms with Crippen LogP contribution in [0.1, 0.15) is 38.7 Å². The Bertz CT molecular complexity index is 485. The molecule has 6 heteroatoms. The van der Waals surface area contributed by atoms with E-state index in [2.05, 4.69) is 15.6 Å². The van der Waals surface area contributed by atoms with Crippen LogP contribution in [0.15, 0.2) is 23.2 Å². The number of nitrogens with one attached hydrogen (secondary N) is 2. The fraction of sp³-hybridized carbons (Fsp3) is 0.533. The van der Waals surface area contributed by atoms with Crippen LogP contribution in [-0.2, 0) is 0 Å². The van der Waals surface area contributed by atoms with Crippen LogP contribution in [0, 0.1) is 11.6 Å². The Kier molecular flexibility index (Phi) is 6.83. The Hall–Kier alpha value is -0.920. The molecule has 0 heterocycles. The van der Waals surface area contributed by atoms with Crippen molar-refractivity contribution in [1.29, 1.82) is 0 Å². The second-order valence-electron chi connectivity index (χ2n) is 5.35. The highest BCUT2D eigenvalue weighted by molar-refractivity contribution is 14.0. The van der Waals surface area contributed by atoms with Crippen molar-refractivity contribution < 1.29 is 8.78 Å². The lowest BCUT2D eigenvalue weighted by Gasteiger charge is -2.15. The van der Waals surface area contributed by atoms with Crippen molar-refractivity contribution in [3.8, 4) is 0 Å². The molecule has 118 valence electrons. The maximum atomic E-state index is 13.7. The topological polar surface area (TPSA) is 36.4 Å². The molecular formula is C15H22F2IN3. The van der Waals surface area contributed by atoms with Crippen LogP contribution < -0.4 is 10.6 Å². The first-order valence-electron chi connectivity index (χ1n) is 7.04. The van der Waals surface area contributed by atoms with E-state index in [0.717, 1.165) is 6.42 Å². The van der Waals surface area contributed by atoms with E-state index in [9.17, 15) is 8.78 Å². The summed E-state index contributed by atoms with van der Waals surface area (Å²) in [6.07, 6.45) is 0.723. The van der Waals surface area contributed by atoms with Gasteiger partial charge < -0.3 is 10.6 Å². The molecule has 2 rings (SSSR count). The zero-order valence-corrected chi connectivity index (χ0v) is 14.8. The van der Waals surface area contributed by atoms with Crippen LogP contribution in [0.3, 0.4) is 0 Å². The van der Waals surface area contributed by atoms with E-state index in [1.54, 1.807) is 0 Å². The molecule has 3 nitrogen and oxygen atoms in total. The van der Waals surface area contributed by atoms with Crippen LogP contribution >= 0.6 is 24.0 Å². The molecule has 1 fully saturated rings. The number of halogens is 3. The molecule has 2 atom stereocenters. The molecule has 21 heavy (non-hydrogen) atoms. The predicted octanol–water partition coefficient (Wildman–Crippen LogP) is 3.40. The van der Waals surface area contributed by atoms with Gasteiger partial charge in [-0.3, -0.25) is 4.99 Å². The number of aliphatic imine (C=N–C) groups is 1. The fourth-order valence-corrected chi connectivity index (χ4v) is 2.28. The number of nitrogens with zero attached hydrogens (tertiary/aromatic N) is 1. The van der Waals surface area contributed by atoms with Crippen molar-refractivity contribution in [2.45, 2.75) is 45.2 Å². The zero-order valence-electron chi connectivity index (χ0n) is 12.5. The maximum Gasteiger partial charge on any atom is 0.191 e. The van der Waals surface area contributed by atoms with E-state index in [0.29, 0.717) is 12.5 Å². The van der Waals surface area contributed by atoms with Crippen LogP contribution in [-0.4, -0.2) is 24.6 Å². The molecule has 1 aliphatic rings. The zero-order chi connectivity index (χ0) is 14.7. The van der Waals surface area contributed by atoms with E-state index in [1.807, 2.05) is 20.8 Å². The van der Waals surface area contributed by atoms with Crippen molar-refractivity contribution in [2.75, 3.05) is 6.54 Å². The summed E-state index contributed by atoms with van der Waals surface area (Å²) in [5.74, 6) is -0.353. The largest absolute Gasteiger partial charge is 0.354 e. The Morgan fingerprint density at radius 2 is 1.95 bits per heavy atom. The van der Waals surface area contributed by atoms with E-state index in [4.69, 9.17) is 0 Å². The number of hydrogen-bond donors (Lipinski definition) is 2. The van der Waals surface area contributed by atoms with Crippen molar-refractivity contribution >= 4 is 29.9 Å². The average molecular weight is 409 g/mol. The summed E-state index contributed by atoms with van der Waals surface area (Å²) in [5.41, 5.74) is 0.186. The van der Waals surface area contributed by atoms with Gasteiger partial charge in [-0.1, -0.05) is 6.07 Å². The number of guanidine groups is 1. The van der Waals surface area contributed by atoms with Crippen LogP contribution in [0.4, 0.5) is 8.78 Å². The summed E-state index contributed by atoms with van der Waals surface area (Å²) in [6.45, 7) is 6.65. The minimum absolute atomic E-state index is 0. The third-order valence-corrected chi connectivity index (χ3v) is 3.22. The lowest BCUT2D eigenvalue weighted by Crippen LogP contribution is -2.42. The van der Waals surface area contributed by atoms with Crippen LogP contribution in [0.5, 0.6) is 0 Å². The van der Waals surface area contributed by atoms with Crippen LogP contribution in [0.2, 0.25) is 0 Å². The summed E-state index contributed by atoms with van der Waals surface area (Å²) < 4.78 is 27.4. The lowest BCUT2D eigenvalue weighted by molar-refractivity contribution is 0.553. The van der Waals surface area contributed by atoms with Gasteiger partial charge in [0.2, 0.25) is 0 Å². The first-order chi connectivity index (χ1) is 9.52. The third kappa shape index (κ3) is 4.79. The molecule has 0 bridgehead atoms. The predicted molar refractivity (Wildman–Crippen MR) is 92.3 cm³/mol. The highest BCUT2D eigenvalue weighted by Crippen LogP contribution is 2.42. The van der Waals surface area contributed by atoms with Gasteiger partial charge in [-0.25, -0.2) is 8.78 Å². The van der Waals surface area contributed by atoms with Gasteiger partial charge in [-0.15, -0.1) is 24.0 Å². The summed E-state index contributed by atoms with van der Waals surface area (Å²) >= 11 is 0. The molecule has 2 N–H and O–H groups in total. The molecule has 2 unspecified atom stereocenters. The molecule has 1 aromatic carbocycles. The van der Waals surface area contributed by atoms with Crippen molar-refractivity contribution in [1.82, 2.24) is 10.6 Å². The first kappa shape index (κ1) is 18.1. The van der Waals surface area contributed by atoms with Gasteiger partial charge in [0, 0.05) is 30.1 Å². The van der Waals surface area contributed by atoms with Gasteiger partial charge in [0.25, 0.3) is 0 Å². The number of hydrogen-bond acceptors (Lipinski definition) is 1. The Labute approximate surface area is 141 Å². The van der Waals surface area contributed by atoms with E-state index >= 15 is 0 Å². The monoisotopic (exact) mass is 409 g/mol. The second kappa shape index (κ2) is 7.91. The SMILES string of the molecule is CCN=C(NC(C)C)NC1CC1c1c(F)cccc1F.I. The third-order valence-electron chi connectivity index (χ3n) is 3.22. The van der Waals surface area contributed by atoms with Gasteiger partial charge in [-0.2, -0.15) is 0 Å². The van der Waals surface area contributed by atoms with Crippen molar-refractivity contribution in [3.63, 3.8) is 0 Å². The summed E-state index contributed by atoms with van der Waals surface area (Å²) in [7, 11) is 0. The normalized spacial score (nSPS) is 21.0. The molecule has 0 aromatic heterocycles. The minimum Gasteiger partial charge on any atom is -0.354 e. The molecule has 0 aliphatic heterocycles. The lowest BCUT2D eigenvalue weighted by atomic mass is 10.1. The molecule has 0 saturated heterocycles. The maximum absolute atomic E-state index is 13.7. The van der Waals surface area contributed by atoms with Gasteiger partial charge >= 0.3 is 0 Å². The number of benzene rings is 1. The Morgan fingerprint density at radius 1 is 1.33 bits per heavy atom. The summed E-state index contributed by atoms with van der Waals surface area (Å²) in [4.78, 5) is 4.32. The Balaban J connectivity index is 0.00000220. The van der Waals surface area contributed by atoms with Crippen LogP contribution in [0.25, 0.3) is 0 Å². The molecule has 1 aliphatic carbocycles.